The third-order valence-electron chi connectivity index (χ3n) is 4.56. The number of carbonyl (C=O) groups is 1. The Morgan fingerprint density at radius 3 is 1.71 bits per heavy atom. The maximum absolute atomic E-state index is 11.3. The van der Waals surface area contributed by atoms with Gasteiger partial charge in [0.25, 0.3) is 0 Å². The Labute approximate surface area is 150 Å². The van der Waals surface area contributed by atoms with Crippen molar-refractivity contribution in [2.75, 3.05) is 6.61 Å². The van der Waals surface area contributed by atoms with Gasteiger partial charge in [0.1, 0.15) is 6.61 Å². The van der Waals surface area contributed by atoms with Crippen LogP contribution in [0.1, 0.15) is 117 Å². The van der Waals surface area contributed by atoms with Gasteiger partial charge in [0, 0.05) is 6.42 Å². The Hall–Kier alpha value is -0.570. The van der Waals surface area contributed by atoms with E-state index in [4.69, 9.17) is 4.74 Å². The van der Waals surface area contributed by atoms with Gasteiger partial charge in [0.05, 0.1) is 6.10 Å². The van der Waals surface area contributed by atoms with E-state index in [1.165, 1.54) is 70.6 Å². The van der Waals surface area contributed by atoms with E-state index in [0.29, 0.717) is 6.42 Å². The first kappa shape index (κ1) is 23.4. The van der Waals surface area contributed by atoms with Crippen LogP contribution < -0.4 is 0 Å². The highest BCUT2D eigenvalue weighted by molar-refractivity contribution is 5.69. The van der Waals surface area contributed by atoms with Crippen molar-refractivity contribution in [1.29, 1.82) is 0 Å². The first-order valence-electron chi connectivity index (χ1n) is 10.5. The molecule has 144 valence electrons. The molecule has 0 bridgehead atoms. The first-order chi connectivity index (χ1) is 11.7. The van der Waals surface area contributed by atoms with Crippen LogP contribution >= 0.6 is 0 Å². The van der Waals surface area contributed by atoms with Crippen LogP contribution in [0.2, 0.25) is 0 Å². The van der Waals surface area contributed by atoms with Crippen molar-refractivity contribution in [2.24, 2.45) is 0 Å². The van der Waals surface area contributed by atoms with Crippen LogP contribution in [-0.4, -0.2) is 23.8 Å². The number of hydrogen-bond donors (Lipinski definition) is 1. The zero-order valence-electron chi connectivity index (χ0n) is 16.4. The van der Waals surface area contributed by atoms with Crippen molar-refractivity contribution < 1.29 is 14.6 Å². The molecule has 0 saturated heterocycles. The summed E-state index contributed by atoms with van der Waals surface area (Å²) in [6.45, 7) is 4.48. The van der Waals surface area contributed by atoms with Gasteiger partial charge in [-0.05, 0) is 12.8 Å². The van der Waals surface area contributed by atoms with Crippen molar-refractivity contribution in [2.45, 2.75) is 123 Å². The molecule has 0 aromatic carbocycles. The van der Waals surface area contributed by atoms with E-state index < -0.39 is 6.10 Å². The number of unbranched alkanes of at least 4 members (excludes halogenated alkanes) is 12. The van der Waals surface area contributed by atoms with Gasteiger partial charge >= 0.3 is 5.97 Å². The number of ether oxygens (including phenoxy) is 1. The molecule has 0 heterocycles. The highest BCUT2D eigenvalue weighted by atomic mass is 16.5. The SMILES string of the molecule is CCCCCCCCCCCCCCC(O)COC(=O)CCCC. The van der Waals surface area contributed by atoms with E-state index in [0.717, 1.165) is 25.7 Å². The molecule has 24 heavy (non-hydrogen) atoms. The quantitative estimate of drug-likeness (QED) is 0.239. The standard InChI is InChI=1S/C21H42O3/c1-3-5-7-8-9-10-11-12-13-14-15-16-17-20(22)19-24-21(23)18-6-4-2/h20,22H,3-19H2,1-2H3. The van der Waals surface area contributed by atoms with Gasteiger partial charge < -0.3 is 9.84 Å². The average Bonchev–Trinajstić information content (AvgIpc) is 2.59. The van der Waals surface area contributed by atoms with Crippen LogP contribution in [0.25, 0.3) is 0 Å². The minimum atomic E-state index is -0.487. The largest absolute Gasteiger partial charge is 0.463 e. The molecule has 1 atom stereocenters. The van der Waals surface area contributed by atoms with Crippen molar-refractivity contribution in [3.8, 4) is 0 Å². The van der Waals surface area contributed by atoms with Gasteiger partial charge in [0.2, 0.25) is 0 Å². The summed E-state index contributed by atoms with van der Waals surface area (Å²) in [6.07, 6.45) is 18.5. The van der Waals surface area contributed by atoms with Crippen LogP contribution in [0.5, 0.6) is 0 Å². The molecule has 0 aromatic rings. The Balaban J connectivity index is 3.22. The van der Waals surface area contributed by atoms with E-state index in [2.05, 4.69) is 13.8 Å². The van der Waals surface area contributed by atoms with E-state index in [1.54, 1.807) is 0 Å². The Bertz CT molecular complexity index is 266. The second-order valence-electron chi connectivity index (χ2n) is 7.12. The lowest BCUT2D eigenvalue weighted by molar-refractivity contribution is -0.146. The molecule has 1 N–H and O–H groups in total. The molecule has 0 amide bonds. The van der Waals surface area contributed by atoms with Gasteiger partial charge in [-0.2, -0.15) is 0 Å². The minimum Gasteiger partial charge on any atom is -0.463 e. The monoisotopic (exact) mass is 342 g/mol. The Morgan fingerprint density at radius 2 is 1.21 bits per heavy atom. The molecule has 0 rings (SSSR count). The lowest BCUT2D eigenvalue weighted by atomic mass is 10.0. The maximum atomic E-state index is 11.3. The number of aliphatic hydroxyl groups is 1. The molecule has 0 radical (unpaired) electrons. The number of esters is 1. The molecule has 0 aliphatic heterocycles. The molecule has 0 spiro atoms. The summed E-state index contributed by atoms with van der Waals surface area (Å²) in [6, 6.07) is 0. The summed E-state index contributed by atoms with van der Waals surface area (Å²) in [5, 5.41) is 9.81. The van der Waals surface area contributed by atoms with Gasteiger partial charge in [0.15, 0.2) is 0 Å². The lowest BCUT2D eigenvalue weighted by Crippen LogP contribution is -2.18. The Morgan fingerprint density at radius 1 is 0.750 bits per heavy atom. The number of rotatable bonds is 18. The molecule has 0 aliphatic carbocycles. The summed E-state index contributed by atoms with van der Waals surface area (Å²) in [4.78, 5) is 11.3. The van der Waals surface area contributed by atoms with Crippen LogP contribution in [-0.2, 0) is 9.53 Å². The lowest BCUT2D eigenvalue weighted by Gasteiger charge is -2.11. The molecule has 0 fully saturated rings. The van der Waals surface area contributed by atoms with Gasteiger partial charge in [-0.25, -0.2) is 0 Å². The van der Waals surface area contributed by atoms with Crippen molar-refractivity contribution in [1.82, 2.24) is 0 Å². The molecule has 3 nitrogen and oxygen atoms in total. The highest BCUT2D eigenvalue weighted by Crippen LogP contribution is 2.13. The Kier molecular flexibility index (Phi) is 18.3. The second-order valence-corrected chi connectivity index (χ2v) is 7.12. The summed E-state index contributed by atoms with van der Waals surface area (Å²) < 4.78 is 5.07. The molecule has 0 aliphatic rings. The van der Waals surface area contributed by atoms with Crippen LogP contribution in [0.4, 0.5) is 0 Å². The third-order valence-corrected chi connectivity index (χ3v) is 4.56. The van der Waals surface area contributed by atoms with E-state index in [-0.39, 0.29) is 12.6 Å². The first-order valence-corrected chi connectivity index (χ1v) is 10.5. The van der Waals surface area contributed by atoms with E-state index >= 15 is 0 Å². The van der Waals surface area contributed by atoms with Crippen LogP contribution in [0.3, 0.4) is 0 Å². The molecular weight excluding hydrogens is 300 g/mol. The fraction of sp³-hybridized carbons (Fsp3) is 0.952. The van der Waals surface area contributed by atoms with Crippen molar-refractivity contribution in [3.05, 3.63) is 0 Å². The number of hydrogen-bond acceptors (Lipinski definition) is 3. The second kappa shape index (κ2) is 18.8. The highest BCUT2D eigenvalue weighted by Gasteiger charge is 2.08. The number of aliphatic hydroxyl groups excluding tert-OH is 1. The molecule has 3 heteroatoms. The topological polar surface area (TPSA) is 46.5 Å². The predicted octanol–water partition coefficient (Wildman–Crippen LogP) is 6.17. The van der Waals surface area contributed by atoms with Gasteiger partial charge in [-0.3, -0.25) is 4.79 Å². The third kappa shape index (κ3) is 17.8. The van der Waals surface area contributed by atoms with Crippen LogP contribution in [0.15, 0.2) is 0 Å². The zero-order valence-corrected chi connectivity index (χ0v) is 16.4. The van der Waals surface area contributed by atoms with Crippen molar-refractivity contribution >= 4 is 5.97 Å². The summed E-state index contributed by atoms with van der Waals surface area (Å²) >= 11 is 0. The van der Waals surface area contributed by atoms with Crippen molar-refractivity contribution in [3.63, 3.8) is 0 Å². The minimum absolute atomic E-state index is 0.167. The van der Waals surface area contributed by atoms with E-state index in [1.807, 2.05) is 0 Å². The smallest absolute Gasteiger partial charge is 0.305 e. The molecule has 1 unspecified atom stereocenters. The fourth-order valence-electron chi connectivity index (χ4n) is 2.89. The molecule has 0 saturated carbocycles. The normalized spacial score (nSPS) is 12.3. The summed E-state index contributed by atoms with van der Waals surface area (Å²) in [7, 11) is 0. The maximum Gasteiger partial charge on any atom is 0.305 e. The predicted molar refractivity (Wildman–Crippen MR) is 102 cm³/mol. The summed E-state index contributed by atoms with van der Waals surface area (Å²) in [5.41, 5.74) is 0. The van der Waals surface area contributed by atoms with Gasteiger partial charge in [-0.1, -0.05) is 97.3 Å². The fourth-order valence-corrected chi connectivity index (χ4v) is 2.89. The van der Waals surface area contributed by atoms with E-state index in [9.17, 15) is 9.90 Å². The zero-order chi connectivity index (χ0) is 17.9. The van der Waals surface area contributed by atoms with Gasteiger partial charge in [-0.15, -0.1) is 0 Å². The summed E-state index contributed by atoms with van der Waals surface area (Å²) in [5.74, 6) is -0.175. The average molecular weight is 343 g/mol. The molecular formula is C21H42O3. The van der Waals surface area contributed by atoms with Crippen LogP contribution in [0, 0.1) is 0 Å². The number of carbonyl (C=O) groups excluding carboxylic acids is 1. The molecule has 0 aromatic heterocycles.